The molecule has 2 aliphatic carbocycles. The van der Waals surface area contributed by atoms with Gasteiger partial charge in [0.2, 0.25) is 0 Å². The zero-order valence-electron chi connectivity index (χ0n) is 15.5. The van der Waals surface area contributed by atoms with Crippen LogP contribution in [0.5, 0.6) is 0 Å². The molecule has 0 spiro atoms. The van der Waals surface area contributed by atoms with Gasteiger partial charge in [-0.3, -0.25) is 0 Å². The molecule has 2 aromatic carbocycles. The molecule has 0 amide bonds. The second kappa shape index (κ2) is 7.04. The highest BCUT2D eigenvalue weighted by Gasteiger charge is 2.25. The average molecular weight is 389 g/mol. The summed E-state index contributed by atoms with van der Waals surface area (Å²) in [4.78, 5) is 8.18. The van der Waals surface area contributed by atoms with Crippen molar-refractivity contribution in [2.24, 2.45) is 5.73 Å². The van der Waals surface area contributed by atoms with Gasteiger partial charge >= 0.3 is 0 Å². The fourth-order valence-corrected chi connectivity index (χ4v) is 4.60. The Morgan fingerprint density at radius 3 is 2.86 bits per heavy atom. The Kier molecular flexibility index (Phi) is 4.38. The third-order valence-electron chi connectivity index (χ3n) is 5.75. The number of benzene rings is 2. The van der Waals surface area contributed by atoms with Crippen LogP contribution in [-0.2, 0) is 12.8 Å². The number of fused-ring (bicyclic) bond motifs is 5. The van der Waals surface area contributed by atoms with Crippen molar-refractivity contribution in [1.29, 1.82) is 0 Å². The van der Waals surface area contributed by atoms with Crippen LogP contribution in [0, 0.1) is 0 Å². The molecule has 0 bridgehead atoms. The molecule has 0 unspecified atom stereocenters. The van der Waals surface area contributed by atoms with E-state index in [1.54, 1.807) is 6.07 Å². The molecule has 0 radical (unpaired) electrons. The van der Waals surface area contributed by atoms with Crippen molar-refractivity contribution >= 4 is 29.2 Å². The topological polar surface area (TPSA) is 63.8 Å². The normalized spacial score (nSPS) is 16.9. The summed E-state index contributed by atoms with van der Waals surface area (Å²) in [5, 5.41) is 3.77. The summed E-state index contributed by atoms with van der Waals surface area (Å²) in [7, 11) is 0. The molecule has 3 aromatic rings. The number of anilines is 2. The van der Waals surface area contributed by atoms with Crippen LogP contribution in [-0.4, -0.2) is 16.5 Å². The van der Waals surface area contributed by atoms with Gasteiger partial charge in [0.05, 0.1) is 0 Å². The quantitative estimate of drug-likeness (QED) is 0.613. The van der Waals surface area contributed by atoms with Gasteiger partial charge in [0.25, 0.3) is 0 Å². The third kappa shape index (κ3) is 2.99. The lowest BCUT2D eigenvalue weighted by atomic mass is 9.76. The van der Waals surface area contributed by atoms with Gasteiger partial charge in [-0.15, -0.1) is 0 Å². The van der Waals surface area contributed by atoms with Gasteiger partial charge in [0.15, 0.2) is 0 Å². The molecular formula is C23H21ClN4. The van der Waals surface area contributed by atoms with Gasteiger partial charge < -0.3 is 11.1 Å². The van der Waals surface area contributed by atoms with Gasteiger partial charge in [-0.1, -0.05) is 42.0 Å². The summed E-state index contributed by atoms with van der Waals surface area (Å²) in [5.74, 6) is 1.11. The van der Waals surface area contributed by atoms with Crippen LogP contribution >= 0.6 is 11.6 Å². The number of nitrogens with two attached hydrogens (primary N) is 1. The Labute approximate surface area is 169 Å². The summed E-state index contributed by atoms with van der Waals surface area (Å²) >= 11 is 5.98. The molecule has 5 rings (SSSR count). The smallest absolute Gasteiger partial charge is 0.135 e. The van der Waals surface area contributed by atoms with E-state index in [0.29, 0.717) is 23.4 Å². The molecule has 0 aliphatic heterocycles. The van der Waals surface area contributed by atoms with E-state index >= 15 is 0 Å². The minimum Gasteiger partial charge on any atom is -0.340 e. The second-order valence-electron chi connectivity index (χ2n) is 7.39. The summed E-state index contributed by atoms with van der Waals surface area (Å²) in [6.45, 7) is 0.691. The van der Waals surface area contributed by atoms with Crippen molar-refractivity contribution in [2.45, 2.75) is 25.2 Å². The Balaban J connectivity index is 1.58. The Morgan fingerprint density at radius 1 is 1.07 bits per heavy atom. The van der Waals surface area contributed by atoms with E-state index in [1.807, 2.05) is 0 Å². The van der Waals surface area contributed by atoms with Gasteiger partial charge in [-0.2, -0.15) is 0 Å². The Bertz CT molecular complexity index is 1090. The van der Waals surface area contributed by atoms with Gasteiger partial charge in [-0.05, 0) is 71.3 Å². The number of aromatic nitrogens is 2. The predicted molar refractivity (Wildman–Crippen MR) is 115 cm³/mol. The largest absolute Gasteiger partial charge is 0.340 e. The Morgan fingerprint density at radius 2 is 2.00 bits per heavy atom. The molecular weight excluding hydrogens is 368 g/mol. The third-order valence-corrected chi connectivity index (χ3v) is 5.96. The minimum atomic E-state index is 0.418. The number of aryl methyl sites for hydroxylation is 1. The molecule has 140 valence electrons. The summed E-state index contributed by atoms with van der Waals surface area (Å²) in [6.07, 6.45) is 9.11. The first-order chi connectivity index (χ1) is 13.7. The SMILES string of the molecule is NC[C@@H]1CC=Cc2ccc3c(c21)CCc1ccc(Nc2cc(Cl)ncn2)cc1-3. The van der Waals surface area contributed by atoms with Crippen LogP contribution in [0.4, 0.5) is 11.5 Å². The van der Waals surface area contributed by atoms with Crippen molar-refractivity contribution in [3.63, 3.8) is 0 Å². The van der Waals surface area contributed by atoms with E-state index in [-0.39, 0.29) is 0 Å². The van der Waals surface area contributed by atoms with Crippen molar-refractivity contribution in [1.82, 2.24) is 9.97 Å². The number of nitrogens with one attached hydrogen (secondary N) is 1. The number of hydrogen-bond donors (Lipinski definition) is 2. The van der Waals surface area contributed by atoms with Crippen molar-refractivity contribution in [2.75, 3.05) is 11.9 Å². The maximum Gasteiger partial charge on any atom is 0.135 e. The molecule has 2 aliphatic rings. The van der Waals surface area contributed by atoms with E-state index in [9.17, 15) is 0 Å². The number of nitrogens with zero attached hydrogens (tertiary/aromatic N) is 2. The standard InChI is InChI=1S/C23H21ClN4/c24-21-11-22(27-13-26-21)28-17-7-4-14-5-9-19-18(20(14)10-17)8-6-15-2-1-3-16(12-25)23(15)19/h1-2,4,6-8,10-11,13,16H,3,5,9,12,25H2,(H,26,27,28)/t16-/m0/s1. The minimum absolute atomic E-state index is 0.418. The number of halogens is 1. The van der Waals surface area contributed by atoms with Crippen molar-refractivity contribution < 1.29 is 0 Å². The molecule has 1 atom stereocenters. The van der Waals surface area contributed by atoms with Crippen molar-refractivity contribution in [3.05, 3.63) is 76.2 Å². The average Bonchev–Trinajstić information content (AvgIpc) is 2.72. The molecule has 5 heteroatoms. The van der Waals surface area contributed by atoms with Gasteiger partial charge in [0.1, 0.15) is 17.3 Å². The lowest BCUT2D eigenvalue weighted by Crippen LogP contribution is -2.19. The molecule has 1 aromatic heterocycles. The first-order valence-electron chi connectivity index (χ1n) is 9.63. The first kappa shape index (κ1) is 17.4. The van der Waals surface area contributed by atoms with E-state index in [4.69, 9.17) is 17.3 Å². The van der Waals surface area contributed by atoms with Crippen LogP contribution in [0.3, 0.4) is 0 Å². The maximum atomic E-state index is 6.10. The second-order valence-corrected chi connectivity index (χ2v) is 7.78. The van der Waals surface area contributed by atoms with Crippen LogP contribution < -0.4 is 11.1 Å². The van der Waals surface area contributed by atoms with E-state index in [1.165, 1.54) is 39.7 Å². The van der Waals surface area contributed by atoms with Gasteiger partial charge in [0, 0.05) is 17.7 Å². The highest BCUT2D eigenvalue weighted by molar-refractivity contribution is 6.29. The monoisotopic (exact) mass is 388 g/mol. The first-order valence-corrected chi connectivity index (χ1v) is 10.0. The summed E-state index contributed by atoms with van der Waals surface area (Å²) in [5.41, 5.74) is 15.3. The maximum absolute atomic E-state index is 6.10. The van der Waals surface area contributed by atoms with Crippen LogP contribution in [0.15, 0.2) is 48.8 Å². The number of allylic oxidation sites excluding steroid dienone is 1. The van der Waals surface area contributed by atoms with Crippen LogP contribution in [0.2, 0.25) is 5.15 Å². The lowest BCUT2D eigenvalue weighted by molar-refractivity contribution is 0.690. The molecule has 4 nitrogen and oxygen atoms in total. The highest BCUT2D eigenvalue weighted by Crippen LogP contribution is 2.42. The van der Waals surface area contributed by atoms with Crippen molar-refractivity contribution in [3.8, 4) is 11.1 Å². The van der Waals surface area contributed by atoms with Gasteiger partial charge in [-0.25, -0.2) is 9.97 Å². The van der Waals surface area contributed by atoms with E-state index in [0.717, 1.165) is 24.9 Å². The molecule has 1 heterocycles. The number of rotatable bonds is 3. The van der Waals surface area contributed by atoms with E-state index < -0.39 is 0 Å². The molecule has 0 fully saturated rings. The number of hydrogen-bond acceptors (Lipinski definition) is 4. The summed E-state index contributed by atoms with van der Waals surface area (Å²) in [6, 6.07) is 12.8. The Hall–Kier alpha value is -2.69. The molecule has 28 heavy (non-hydrogen) atoms. The predicted octanol–water partition coefficient (Wildman–Crippen LogP) is 5.10. The fraction of sp³-hybridized carbons (Fsp3) is 0.217. The molecule has 3 N–H and O–H groups in total. The summed E-state index contributed by atoms with van der Waals surface area (Å²) < 4.78 is 0. The zero-order valence-corrected chi connectivity index (χ0v) is 16.2. The lowest BCUT2D eigenvalue weighted by Gasteiger charge is -2.29. The molecule has 0 saturated carbocycles. The highest BCUT2D eigenvalue weighted by atomic mass is 35.5. The van der Waals surface area contributed by atoms with Crippen LogP contribution in [0.25, 0.3) is 17.2 Å². The molecule has 0 saturated heterocycles. The van der Waals surface area contributed by atoms with E-state index in [2.05, 4.69) is 57.8 Å². The van der Waals surface area contributed by atoms with Crippen LogP contribution in [0.1, 0.15) is 34.6 Å². The zero-order chi connectivity index (χ0) is 19.1. The fourth-order valence-electron chi connectivity index (χ4n) is 4.46.